The Balaban J connectivity index is 1.52. The fourth-order valence-corrected chi connectivity index (χ4v) is 2.73. The van der Waals surface area contributed by atoms with Crippen LogP contribution in [0, 0.1) is 13.8 Å². The minimum Gasteiger partial charge on any atom is -0.483 e. The van der Waals surface area contributed by atoms with Crippen molar-refractivity contribution in [2.45, 2.75) is 20.3 Å². The van der Waals surface area contributed by atoms with Crippen molar-refractivity contribution in [2.24, 2.45) is 0 Å². The number of aryl methyl sites for hydroxylation is 2. The molecule has 0 atom stereocenters. The van der Waals surface area contributed by atoms with Gasteiger partial charge in [0, 0.05) is 11.1 Å². The third-order valence-electron chi connectivity index (χ3n) is 4.19. The van der Waals surface area contributed by atoms with E-state index in [1.807, 2.05) is 48.5 Å². The van der Waals surface area contributed by atoms with E-state index in [1.54, 1.807) is 19.9 Å². The minimum absolute atomic E-state index is 0.0686. The molecule has 7 heteroatoms. The van der Waals surface area contributed by atoms with Crippen molar-refractivity contribution < 1.29 is 18.8 Å². The number of ether oxygens (including phenoxy) is 1. The monoisotopic (exact) mass is 379 g/mol. The van der Waals surface area contributed by atoms with Gasteiger partial charge in [0.15, 0.2) is 6.61 Å². The maximum absolute atomic E-state index is 12.0. The largest absolute Gasteiger partial charge is 0.483 e. The molecule has 0 spiro atoms. The van der Waals surface area contributed by atoms with Crippen LogP contribution in [0.15, 0.2) is 59.1 Å². The van der Waals surface area contributed by atoms with Crippen LogP contribution in [0.4, 0.5) is 0 Å². The molecule has 3 aromatic rings. The Labute approximate surface area is 162 Å². The Kier molecular flexibility index (Phi) is 6.06. The van der Waals surface area contributed by atoms with Gasteiger partial charge in [-0.25, -0.2) is 0 Å². The summed E-state index contributed by atoms with van der Waals surface area (Å²) in [5, 5.41) is 3.80. The number of hydrazine groups is 1. The summed E-state index contributed by atoms with van der Waals surface area (Å²) in [6, 6.07) is 17.2. The van der Waals surface area contributed by atoms with Gasteiger partial charge in [-0.05, 0) is 25.5 Å². The summed E-state index contributed by atoms with van der Waals surface area (Å²) in [5.74, 6) is 0.341. The van der Waals surface area contributed by atoms with Crippen LogP contribution in [0.1, 0.15) is 17.0 Å². The topological polar surface area (TPSA) is 93.5 Å². The second-order valence-corrected chi connectivity index (χ2v) is 6.23. The highest BCUT2D eigenvalue weighted by atomic mass is 16.5. The fraction of sp³-hybridized carbons (Fsp3) is 0.190. The van der Waals surface area contributed by atoms with Crippen LogP contribution in [0.3, 0.4) is 0 Å². The molecule has 1 aromatic heterocycles. The van der Waals surface area contributed by atoms with Crippen molar-refractivity contribution in [3.05, 3.63) is 71.6 Å². The molecular formula is C21H21N3O4. The highest BCUT2D eigenvalue weighted by Gasteiger charge is 2.14. The maximum Gasteiger partial charge on any atom is 0.276 e. The first kappa shape index (κ1) is 19.2. The molecule has 0 unspecified atom stereocenters. The normalized spacial score (nSPS) is 10.4. The summed E-state index contributed by atoms with van der Waals surface area (Å²) < 4.78 is 10.7. The van der Waals surface area contributed by atoms with E-state index in [0.717, 1.165) is 11.1 Å². The minimum atomic E-state index is -0.463. The first-order chi connectivity index (χ1) is 13.5. The van der Waals surface area contributed by atoms with Gasteiger partial charge in [-0.2, -0.15) is 0 Å². The first-order valence-electron chi connectivity index (χ1n) is 8.81. The first-order valence-corrected chi connectivity index (χ1v) is 8.81. The van der Waals surface area contributed by atoms with Crippen molar-refractivity contribution >= 4 is 11.8 Å². The zero-order chi connectivity index (χ0) is 19.9. The van der Waals surface area contributed by atoms with Gasteiger partial charge in [0.05, 0.1) is 12.1 Å². The van der Waals surface area contributed by atoms with Gasteiger partial charge in [-0.3, -0.25) is 20.4 Å². The highest BCUT2D eigenvalue weighted by molar-refractivity contribution is 5.84. The van der Waals surface area contributed by atoms with Gasteiger partial charge in [0.2, 0.25) is 5.91 Å². The van der Waals surface area contributed by atoms with Crippen molar-refractivity contribution in [2.75, 3.05) is 6.61 Å². The number of amides is 2. The average molecular weight is 379 g/mol. The van der Waals surface area contributed by atoms with Crippen LogP contribution >= 0.6 is 0 Å². The van der Waals surface area contributed by atoms with Gasteiger partial charge in [-0.15, -0.1) is 0 Å². The van der Waals surface area contributed by atoms with Crippen LogP contribution < -0.4 is 15.6 Å². The fourth-order valence-electron chi connectivity index (χ4n) is 2.73. The standard InChI is InChI=1S/C21H21N3O4/c1-14-18(15(2)28-24-14)12-20(25)22-23-21(26)13-27-19-11-7-6-10-17(19)16-8-4-3-5-9-16/h3-11H,12-13H2,1-2H3,(H,22,25)(H,23,26). The van der Waals surface area contributed by atoms with Crippen molar-refractivity contribution in [1.82, 2.24) is 16.0 Å². The lowest BCUT2D eigenvalue weighted by molar-refractivity contribution is -0.129. The molecule has 144 valence electrons. The number of benzene rings is 2. The molecule has 0 saturated carbocycles. The molecular weight excluding hydrogens is 358 g/mol. The van der Waals surface area contributed by atoms with Crippen molar-refractivity contribution in [1.29, 1.82) is 0 Å². The summed E-state index contributed by atoms with van der Waals surface area (Å²) in [7, 11) is 0. The lowest BCUT2D eigenvalue weighted by Gasteiger charge is -2.12. The number of aromatic nitrogens is 1. The molecule has 0 bridgehead atoms. The number of hydrogen-bond acceptors (Lipinski definition) is 5. The highest BCUT2D eigenvalue weighted by Crippen LogP contribution is 2.29. The van der Waals surface area contributed by atoms with Gasteiger partial charge in [0.25, 0.3) is 5.91 Å². The number of rotatable bonds is 6. The Hall–Kier alpha value is -3.61. The van der Waals surface area contributed by atoms with Crippen LogP contribution in [-0.4, -0.2) is 23.6 Å². The molecule has 3 rings (SSSR count). The summed E-state index contributed by atoms with van der Waals surface area (Å²) >= 11 is 0. The molecule has 2 amide bonds. The predicted molar refractivity (Wildman–Crippen MR) is 103 cm³/mol. The lowest BCUT2D eigenvalue weighted by Crippen LogP contribution is -2.44. The van der Waals surface area contributed by atoms with E-state index >= 15 is 0 Å². The average Bonchev–Trinajstić information content (AvgIpc) is 3.03. The number of para-hydroxylation sites is 1. The van der Waals surface area contributed by atoms with E-state index < -0.39 is 5.91 Å². The van der Waals surface area contributed by atoms with Crippen LogP contribution in [0.2, 0.25) is 0 Å². The van der Waals surface area contributed by atoms with Crippen molar-refractivity contribution in [3.63, 3.8) is 0 Å². The number of hydrogen-bond donors (Lipinski definition) is 2. The summed E-state index contributed by atoms with van der Waals surface area (Å²) in [6.07, 6.45) is 0.0686. The Morgan fingerprint density at radius 3 is 2.36 bits per heavy atom. The quantitative estimate of drug-likeness (QED) is 0.643. The molecule has 0 aliphatic heterocycles. The SMILES string of the molecule is Cc1noc(C)c1CC(=O)NNC(=O)COc1ccccc1-c1ccccc1. The molecule has 0 fully saturated rings. The Morgan fingerprint density at radius 1 is 0.964 bits per heavy atom. The summed E-state index contributed by atoms with van der Waals surface area (Å²) in [5.41, 5.74) is 7.96. The number of carbonyl (C=O) groups excluding carboxylic acids is 2. The molecule has 0 saturated heterocycles. The molecule has 28 heavy (non-hydrogen) atoms. The van der Waals surface area contributed by atoms with Crippen LogP contribution in [-0.2, 0) is 16.0 Å². The third-order valence-corrected chi connectivity index (χ3v) is 4.19. The molecule has 2 N–H and O–H groups in total. The smallest absolute Gasteiger partial charge is 0.276 e. The van der Waals surface area contributed by atoms with Gasteiger partial charge in [-0.1, -0.05) is 53.7 Å². The second-order valence-electron chi connectivity index (χ2n) is 6.23. The molecule has 2 aromatic carbocycles. The summed E-state index contributed by atoms with van der Waals surface area (Å²) in [4.78, 5) is 24.0. The van der Waals surface area contributed by atoms with E-state index in [9.17, 15) is 9.59 Å². The number of carbonyl (C=O) groups is 2. The molecule has 0 aliphatic rings. The second kappa shape index (κ2) is 8.85. The predicted octanol–water partition coefficient (Wildman–Crippen LogP) is 2.73. The third kappa shape index (κ3) is 4.76. The zero-order valence-corrected chi connectivity index (χ0v) is 15.7. The molecule has 1 heterocycles. The Morgan fingerprint density at radius 2 is 1.64 bits per heavy atom. The number of nitrogens with one attached hydrogen (secondary N) is 2. The van der Waals surface area contributed by atoms with Crippen LogP contribution in [0.25, 0.3) is 11.1 Å². The summed E-state index contributed by atoms with van der Waals surface area (Å²) in [6.45, 7) is 3.27. The maximum atomic E-state index is 12.0. The van der Waals surface area contributed by atoms with E-state index in [0.29, 0.717) is 22.8 Å². The van der Waals surface area contributed by atoms with E-state index in [2.05, 4.69) is 16.0 Å². The molecule has 0 radical (unpaired) electrons. The van der Waals surface area contributed by atoms with Gasteiger partial charge in [0.1, 0.15) is 11.5 Å². The zero-order valence-electron chi connectivity index (χ0n) is 15.7. The van der Waals surface area contributed by atoms with E-state index in [-0.39, 0.29) is 18.9 Å². The van der Waals surface area contributed by atoms with Crippen LogP contribution in [0.5, 0.6) is 5.75 Å². The Bertz CT molecular complexity index is 947. The van der Waals surface area contributed by atoms with Gasteiger partial charge >= 0.3 is 0 Å². The molecule has 0 aliphatic carbocycles. The van der Waals surface area contributed by atoms with E-state index in [1.165, 1.54) is 0 Å². The van der Waals surface area contributed by atoms with Crippen molar-refractivity contribution in [3.8, 4) is 16.9 Å². The number of nitrogens with zero attached hydrogens (tertiary/aromatic N) is 1. The van der Waals surface area contributed by atoms with Gasteiger partial charge < -0.3 is 9.26 Å². The lowest BCUT2D eigenvalue weighted by atomic mass is 10.1. The van der Waals surface area contributed by atoms with E-state index in [4.69, 9.17) is 9.26 Å². The molecule has 7 nitrogen and oxygen atoms in total.